The second-order valence-corrected chi connectivity index (χ2v) is 7.99. The van der Waals surface area contributed by atoms with E-state index in [1.54, 1.807) is 0 Å². The van der Waals surface area contributed by atoms with E-state index in [9.17, 15) is 5.11 Å². The summed E-state index contributed by atoms with van der Waals surface area (Å²) in [6.45, 7) is 14.3. The van der Waals surface area contributed by atoms with Gasteiger partial charge in [-0.05, 0) is 29.0 Å². The number of rotatable bonds is 4. The number of likely N-dealkylation sites (N-methyl/N-ethyl adjacent to an activating group) is 1. The van der Waals surface area contributed by atoms with Crippen LogP contribution in [-0.2, 0) is 17.4 Å². The summed E-state index contributed by atoms with van der Waals surface area (Å²) < 4.78 is 0. The van der Waals surface area contributed by atoms with Crippen molar-refractivity contribution in [1.29, 1.82) is 0 Å². The lowest BCUT2D eigenvalue weighted by molar-refractivity contribution is 0.215. The maximum atomic E-state index is 10.6. The first-order valence-corrected chi connectivity index (χ1v) is 7.63. The number of aromatic hydroxyl groups is 1. The lowest BCUT2D eigenvalue weighted by Gasteiger charge is -2.28. The number of aliphatic hydroxyl groups is 1. The van der Waals surface area contributed by atoms with Crippen LogP contribution in [0.4, 0.5) is 0 Å². The van der Waals surface area contributed by atoms with Crippen molar-refractivity contribution in [3.8, 4) is 5.75 Å². The summed E-state index contributed by atoms with van der Waals surface area (Å²) in [6, 6.07) is 4.23. The second-order valence-electron chi connectivity index (χ2n) is 7.99. The molecular weight excluding hydrogens is 262 g/mol. The van der Waals surface area contributed by atoms with Crippen LogP contribution in [0.2, 0.25) is 0 Å². The van der Waals surface area contributed by atoms with Gasteiger partial charge in [-0.2, -0.15) is 0 Å². The average Bonchev–Trinajstić information content (AvgIpc) is 2.28. The molecule has 0 aliphatic heterocycles. The zero-order chi connectivity index (χ0) is 16.4. The number of hydrogen-bond donors (Lipinski definition) is 2. The Bertz CT molecular complexity index is 481. The van der Waals surface area contributed by atoms with Crippen molar-refractivity contribution < 1.29 is 10.2 Å². The van der Waals surface area contributed by atoms with Crippen LogP contribution in [0.3, 0.4) is 0 Å². The van der Waals surface area contributed by atoms with E-state index in [1.165, 1.54) is 5.56 Å². The molecular formula is C18H31NO2. The monoisotopic (exact) mass is 293 g/mol. The van der Waals surface area contributed by atoms with Crippen LogP contribution < -0.4 is 0 Å². The fourth-order valence-electron chi connectivity index (χ4n) is 2.36. The predicted molar refractivity (Wildman–Crippen MR) is 88.9 cm³/mol. The van der Waals surface area contributed by atoms with Gasteiger partial charge >= 0.3 is 0 Å². The lowest BCUT2D eigenvalue weighted by atomic mass is 9.79. The highest BCUT2D eigenvalue weighted by atomic mass is 16.3. The predicted octanol–water partition coefficient (Wildman–Crippen LogP) is 3.41. The van der Waals surface area contributed by atoms with E-state index in [0.717, 1.165) is 11.1 Å². The summed E-state index contributed by atoms with van der Waals surface area (Å²) in [5.74, 6) is 0.389. The van der Waals surface area contributed by atoms with Crippen molar-refractivity contribution >= 4 is 0 Å². The third kappa shape index (κ3) is 4.72. The van der Waals surface area contributed by atoms with Crippen LogP contribution in [0.15, 0.2) is 12.1 Å². The molecule has 0 bridgehead atoms. The zero-order valence-electron chi connectivity index (χ0n) is 14.6. The number of aliphatic hydroxyl groups excluding tert-OH is 1. The molecule has 3 heteroatoms. The molecule has 0 aliphatic rings. The molecule has 1 aromatic rings. The van der Waals surface area contributed by atoms with E-state index in [0.29, 0.717) is 18.8 Å². The number of phenolic OH excluding ortho intramolecular Hbond substituents is 1. The normalized spacial score (nSPS) is 13.0. The number of hydrogen-bond acceptors (Lipinski definition) is 3. The van der Waals surface area contributed by atoms with Crippen LogP contribution >= 0.6 is 0 Å². The van der Waals surface area contributed by atoms with E-state index in [4.69, 9.17) is 5.11 Å². The Kier molecular flexibility index (Phi) is 5.46. The molecule has 21 heavy (non-hydrogen) atoms. The molecule has 0 atom stereocenters. The summed E-state index contributed by atoms with van der Waals surface area (Å²) in [5.41, 5.74) is 3.09. The largest absolute Gasteiger partial charge is 0.507 e. The van der Waals surface area contributed by atoms with Crippen molar-refractivity contribution in [2.45, 2.75) is 58.9 Å². The highest BCUT2D eigenvalue weighted by Crippen LogP contribution is 2.37. The van der Waals surface area contributed by atoms with Crippen molar-refractivity contribution in [3.63, 3.8) is 0 Å². The third-order valence-corrected chi connectivity index (χ3v) is 3.78. The molecule has 120 valence electrons. The minimum Gasteiger partial charge on any atom is -0.507 e. The maximum Gasteiger partial charge on any atom is 0.123 e. The highest BCUT2D eigenvalue weighted by Gasteiger charge is 2.25. The topological polar surface area (TPSA) is 43.7 Å². The van der Waals surface area contributed by atoms with E-state index in [2.05, 4.69) is 53.7 Å². The fraction of sp³-hybridized carbons (Fsp3) is 0.667. The molecule has 0 unspecified atom stereocenters. The van der Waals surface area contributed by atoms with Crippen molar-refractivity contribution in [2.24, 2.45) is 0 Å². The minimum absolute atomic E-state index is 0.0397. The Hall–Kier alpha value is -1.06. The highest BCUT2D eigenvalue weighted by molar-refractivity contribution is 5.48. The van der Waals surface area contributed by atoms with Gasteiger partial charge < -0.3 is 10.2 Å². The van der Waals surface area contributed by atoms with Crippen molar-refractivity contribution in [2.75, 3.05) is 20.2 Å². The summed E-state index contributed by atoms with van der Waals surface area (Å²) in [5, 5.41) is 19.7. The standard InChI is InChI=1S/C18H31NO2/c1-17(2,3)14-10-13(12-19(7)8-9-20)16(21)15(11-14)18(4,5)6/h10-11,20-21H,8-9,12H2,1-7H3. The molecule has 1 aromatic carbocycles. The summed E-state index contributed by atoms with van der Waals surface area (Å²) in [4.78, 5) is 2.02. The SMILES string of the molecule is CN(CCO)Cc1cc(C(C)(C)C)cc(C(C)(C)C)c1O. The molecule has 1 rings (SSSR count). The van der Waals surface area contributed by atoms with Gasteiger partial charge in [0.15, 0.2) is 0 Å². The van der Waals surface area contributed by atoms with E-state index in [1.807, 2.05) is 11.9 Å². The summed E-state index contributed by atoms with van der Waals surface area (Å²) in [7, 11) is 1.95. The molecule has 0 fully saturated rings. The van der Waals surface area contributed by atoms with Crippen LogP contribution in [0, 0.1) is 0 Å². The van der Waals surface area contributed by atoms with Gasteiger partial charge in [0.05, 0.1) is 6.61 Å². The zero-order valence-corrected chi connectivity index (χ0v) is 14.6. The summed E-state index contributed by atoms with van der Waals surface area (Å²) in [6.07, 6.45) is 0. The lowest BCUT2D eigenvalue weighted by Crippen LogP contribution is -2.23. The molecule has 0 aliphatic carbocycles. The van der Waals surface area contributed by atoms with Crippen LogP contribution in [0.25, 0.3) is 0 Å². The first kappa shape index (κ1) is 18.0. The van der Waals surface area contributed by atoms with E-state index >= 15 is 0 Å². The Balaban J connectivity index is 3.35. The van der Waals surface area contributed by atoms with Crippen LogP contribution in [0.1, 0.15) is 58.2 Å². The Morgan fingerprint density at radius 3 is 2.00 bits per heavy atom. The fourth-order valence-corrected chi connectivity index (χ4v) is 2.36. The summed E-state index contributed by atoms with van der Waals surface area (Å²) >= 11 is 0. The average molecular weight is 293 g/mol. The molecule has 0 saturated heterocycles. The molecule has 0 radical (unpaired) electrons. The Labute approximate surface area is 129 Å². The van der Waals surface area contributed by atoms with Gasteiger partial charge in [-0.15, -0.1) is 0 Å². The Morgan fingerprint density at radius 1 is 1.00 bits per heavy atom. The smallest absolute Gasteiger partial charge is 0.123 e. The van der Waals surface area contributed by atoms with Crippen molar-refractivity contribution in [3.05, 3.63) is 28.8 Å². The quantitative estimate of drug-likeness (QED) is 0.894. The van der Waals surface area contributed by atoms with Crippen LogP contribution in [0.5, 0.6) is 5.75 Å². The molecule has 0 aromatic heterocycles. The van der Waals surface area contributed by atoms with Gasteiger partial charge in [-0.1, -0.05) is 53.7 Å². The van der Waals surface area contributed by atoms with Gasteiger partial charge in [-0.3, -0.25) is 4.90 Å². The van der Waals surface area contributed by atoms with Gasteiger partial charge in [0.1, 0.15) is 5.75 Å². The van der Waals surface area contributed by atoms with E-state index in [-0.39, 0.29) is 17.4 Å². The van der Waals surface area contributed by atoms with Gasteiger partial charge in [0.25, 0.3) is 0 Å². The van der Waals surface area contributed by atoms with E-state index < -0.39 is 0 Å². The third-order valence-electron chi connectivity index (χ3n) is 3.78. The van der Waals surface area contributed by atoms with Gasteiger partial charge in [0.2, 0.25) is 0 Å². The van der Waals surface area contributed by atoms with Crippen LogP contribution in [-0.4, -0.2) is 35.3 Å². The maximum absolute atomic E-state index is 10.6. The second kappa shape index (κ2) is 6.37. The molecule has 0 heterocycles. The Morgan fingerprint density at radius 2 is 1.57 bits per heavy atom. The first-order valence-electron chi connectivity index (χ1n) is 7.63. The molecule has 3 nitrogen and oxygen atoms in total. The number of nitrogens with zero attached hydrogens (tertiary/aromatic N) is 1. The first-order chi connectivity index (χ1) is 9.46. The molecule has 0 spiro atoms. The minimum atomic E-state index is -0.102. The number of phenols is 1. The number of benzene rings is 1. The molecule has 0 saturated carbocycles. The van der Waals surface area contributed by atoms with Gasteiger partial charge in [0, 0.05) is 18.7 Å². The molecule has 2 N–H and O–H groups in total. The van der Waals surface area contributed by atoms with Gasteiger partial charge in [-0.25, -0.2) is 0 Å². The molecule has 0 amide bonds. The van der Waals surface area contributed by atoms with Crippen molar-refractivity contribution in [1.82, 2.24) is 4.90 Å².